The number of methoxy groups -OCH3 is 2. The highest BCUT2D eigenvalue weighted by Crippen LogP contribution is 2.35. The molecule has 0 aliphatic rings. The highest BCUT2D eigenvalue weighted by atomic mass is 32.2. The van der Waals surface area contributed by atoms with Crippen molar-refractivity contribution >= 4 is 15.7 Å². The van der Waals surface area contributed by atoms with Crippen LogP contribution in [0.5, 0.6) is 11.5 Å². The molecule has 1 aromatic carbocycles. The van der Waals surface area contributed by atoms with E-state index in [2.05, 4.69) is 4.72 Å². The van der Waals surface area contributed by atoms with Crippen molar-refractivity contribution < 1.29 is 17.9 Å². The average molecular weight is 274 g/mol. The zero-order valence-electron chi connectivity index (χ0n) is 10.9. The maximum Gasteiger partial charge on any atom is 0.241 e. The molecule has 0 saturated heterocycles. The van der Waals surface area contributed by atoms with Crippen LogP contribution in [-0.4, -0.2) is 28.7 Å². The molecule has 6 nitrogen and oxygen atoms in total. The summed E-state index contributed by atoms with van der Waals surface area (Å²) < 4.78 is 36.6. The number of nitrogens with one attached hydrogen (secondary N) is 1. The Morgan fingerprint density at radius 2 is 1.83 bits per heavy atom. The van der Waals surface area contributed by atoms with E-state index < -0.39 is 10.0 Å². The van der Waals surface area contributed by atoms with E-state index in [0.717, 1.165) is 0 Å². The molecule has 0 aromatic heterocycles. The van der Waals surface area contributed by atoms with Crippen LogP contribution >= 0.6 is 0 Å². The van der Waals surface area contributed by atoms with Gasteiger partial charge in [0, 0.05) is 12.1 Å². The van der Waals surface area contributed by atoms with E-state index in [-0.39, 0.29) is 22.4 Å². The standard InChI is InChI=1S/C11H18N2O4S/c1-7(2)13-18(14,15)8-5-9(12)11(17-4)10(6-8)16-3/h5-7,13H,12H2,1-4H3. The first-order valence-corrected chi connectivity index (χ1v) is 6.84. The summed E-state index contributed by atoms with van der Waals surface area (Å²) in [5.74, 6) is 0.600. The smallest absolute Gasteiger partial charge is 0.241 e. The van der Waals surface area contributed by atoms with Gasteiger partial charge in [0.25, 0.3) is 0 Å². The van der Waals surface area contributed by atoms with Gasteiger partial charge in [0.15, 0.2) is 11.5 Å². The van der Waals surface area contributed by atoms with Crippen LogP contribution in [0.15, 0.2) is 17.0 Å². The van der Waals surface area contributed by atoms with E-state index in [9.17, 15) is 8.42 Å². The Hall–Kier alpha value is -1.47. The molecule has 0 amide bonds. The van der Waals surface area contributed by atoms with E-state index in [0.29, 0.717) is 5.75 Å². The van der Waals surface area contributed by atoms with E-state index in [4.69, 9.17) is 15.2 Å². The highest BCUT2D eigenvalue weighted by Gasteiger charge is 2.20. The Morgan fingerprint density at radius 1 is 1.22 bits per heavy atom. The second kappa shape index (κ2) is 5.45. The lowest BCUT2D eigenvalue weighted by Crippen LogP contribution is -2.30. The molecule has 0 radical (unpaired) electrons. The lowest BCUT2D eigenvalue weighted by Gasteiger charge is -2.14. The molecule has 1 rings (SSSR count). The Bertz CT molecular complexity index is 526. The number of anilines is 1. The molecule has 0 saturated carbocycles. The third kappa shape index (κ3) is 3.05. The lowest BCUT2D eigenvalue weighted by atomic mass is 10.3. The number of rotatable bonds is 5. The van der Waals surface area contributed by atoms with Crippen molar-refractivity contribution in [1.82, 2.24) is 4.72 Å². The fourth-order valence-corrected chi connectivity index (χ4v) is 2.80. The van der Waals surface area contributed by atoms with Gasteiger partial charge in [0.1, 0.15) is 0 Å². The van der Waals surface area contributed by atoms with Gasteiger partial charge in [0.2, 0.25) is 10.0 Å². The van der Waals surface area contributed by atoms with Gasteiger partial charge < -0.3 is 15.2 Å². The Balaban J connectivity index is 3.32. The van der Waals surface area contributed by atoms with E-state index in [1.165, 1.54) is 26.4 Å². The first-order valence-electron chi connectivity index (χ1n) is 5.35. The Kier molecular flexibility index (Phi) is 4.42. The molecule has 3 N–H and O–H groups in total. The van der Waals surface area contributed by atoms with Crippen molar-refractivity contribution in [2.24, 2.45) is 0 Å². The first-order chi connectivity index (χ1) is 8.31. The lowest BCUT2D eigenvalue weighted by molar-refractivity contribution is 0.355. The molecule has 0 aliphatic heterocycles. The summed E-state index contributed by atoms with van der Waals surface area (Å²) in [6.45, 7) is 3.48. The van der Waals surface area contributed by atoms with Gasteiger partial charge in [-0.05, 0) is 19.9 Å². The zero-order chi connectivity index (χ0) is 13.9. The maximum absolute atomic E-state index is 12.0. The summed E-state index contributed by atoms with van der Waals surface area (Å²) in [5, 5.41) is 0. The predicted octanol–water partition coefficient (Wildman–Crippen LogP) is 0.973. The van der Waals surface area contributed by atoms with Gasteiger partial charge in [-0.25, -0.2) is 13.1 Å². The number of hydrogen-bond acceptors (Lipinski definition) is 5. The molecule has 7 heteroatoms. The molecule has 0 unspecified atom stereocenters. The van der Waals surface area contributed by atoms with Gasteiger partial charge in [-0.3, -0.25) is 0 Å². The predicted molar refractivity (Wildman–Crippen MR) is 69.4 cm³/mol. The third-order valence-corrected chi connectivity index (χ3v) is 3.82. The van der Waals surface area contributed by atoms with Crippen molar-refractivity contribution in [2.45, 2.75) is 24.8 Å². The minimum atomic E-state index is -3.61. The van der Waals surface area contributed by atoms with Crippen LogP contribution in [-0.2, 0) is 10.0 Å². The van der Waals surface area contributed by atoms with Gasteiger partial charge in [-0.2, -0.15) is 0 Å². The molecular weight excluding hydrogens is 256 g/mol. The van der Waals surface area contributed by atoms with Crippen molar-refractivity contribution in [1.29, 1.82) is 0 Å². The van der Waals surface area contributed by atoms with Crippen LogP contribution in [0.3, 0.4) is 0 Å². The van der Waals surface area contributed by atoms with Crippen molar-refractivity contribution in [3.05, 3.63) is 12.1 Å². The van der Waals surface area contributed by atoms with Crippen LogP contribution in [0, 0.1) is 0 Å². The second-order valence-corrected chi connectivity index (χ2v) is 5.74. The molecule has 0 bridgehead atoms. The van der Waals surface area contributed by atoms with E-state index in [1.54, 1.807) is 13.8 Å². The number of nitrogens with two attached hydrogens (primary N) is 1. The number of benzene rings is 1. The fraction of sp³-hybridized carbons (Fsp3) is 0.455. The summed E-state index contributed by atoms with van der Waals surface area (Å²) >= 11 is 0. The van der Waals surface area contributed by atoms with Gasteiger partial charge in [0.05, 0.1) is 24.8 Å². The molecule has 0 aliphatic carbocycles. The monoisotopic (exact) mass is 274 g/mol. The van der Waals surface area contributed by atoms with Crippen molar-refractivity contribution in [3.8, 4) is 11.5 Å². The first kappa shape index (κ1) is 14.6. The largest absolute Gasteiger partial charge is 0.493 e. The molecule has 0 spiro atoms. The molecule has 0 heterocycles. The Labute approximate surface area is 107 Å². The molecule has 0 fully saturated rings. The molecule has 1 aromatic rings. The summed E-state index contributed by atoms with van der Waals surface area (Å²) in [7, 11) is -0.746. The third-order valence-electron chi connectivity index (χ3n) is 2.18. The highest BCUT2D eigenvalue weighted by molar-refractivity contribution is 7.89. The van der Waals surface area contributed by atoms with E-state index >= 15 is 0 Å². The van der Waals surface area contributed by atoms with Crippen molar-refractivity contribution in [3.63, 3.8) is 0 Å². The van der Waals surface area contributed by atoms with Crippen LogP contribution in [0.2, 0.25) is 0 Å². The molecule has 0 atom stereocenters. The summed E-state index contributed by atoms with van der Waals surface area (Å²) in [4.78, 5) is 0.0475. The number of ether oxygens (including phenoxy) is 2. The second-order valence-electron chi connectivity index (χ2n) is 4.02. The minimum Gasteiger partial charge on any atom is -0.493 e. The molecule has 102 valence electrons. The van der Waals surface area contributed by atoms with E-state index in [1.807, 2.05) is 0 Å². The van der Waals surface area contributed by atoms with Gasteiger partial charge >= 0.3 is 0 Å². The Morgan fingerprint density at radius 3 is 2.28 bits per heavy atom. The maximum atomic E-state index is 12.0. The van der Waals surface area contributed by atoms with Crippen LogP contribution in [0.1, 0.15) is 13.8 Å². The quantitative estimate of drug-likeness (QED) is 0.781. The molecular formula is C11H18N2O4S. The van der Waals surface area contributed by atoms with Crippen molar-refractivity contribution in [2.75, 3.05) is 20.0 Å². The summed E-state index contributed by atoms with van der Waals surface area (Å²) in [6, 6.07) is 2.51. The van der Waals surface area contributed by atoms with Crippen LogP contribution in [0.4, 0.5) is 5.69 Å². The van der Waals surface area contributed by atoms with Crippen LogP contribution in [0.25, 0.3) is 0 Å². The minimum absolute atomic E-state index is 0.0475. The number of sulfonamides is 1. The summed E-state index contributed by atoms with van der Waals surface area (Å²) in [6.07, 6.45) is 0. The topological polar surface area (TPSA) is 90.7 Å². The number of hydrogen-bond donors (Lipinski definition) is 2. The average Bonchev–Trinajstić information content (AvgIpc) is 2.26. The zero-order valence-corrected chi connectivity index (χ0v) is 11.7. The fourth-order valence-electron chi connectivity index (χ4n) is 1.50. The van der Waals surface area contributed by atoms with Gasteiger partial charge in [-0.15, -0.1) is 0 Å². The van der Waals surface area contributed by atoms with Gasteiger partial charge in [-0.1, -0.05) is 0 Å². The normalized spacial score (nSPS) is 11.6. The number of nitrogen functional groups attached to an aromatic ring is 1. The summed E-state index contributed by atoms with van der Waals surface area (Å²) in [5.41, 5.74) is 5.95. The SMILES string of the molecule is COc1cc(S(=O)(=O)NC(C)C)cc(N)c1OC. The molecule has 18 heavy (non-hydrogen) atoms. The van der Waals surface area contributed by atoms with Crippen LogP contribution < -0.4 is 19.9 Å².